The van der Waals surface area contributed by atoms with Gasteiger partial charge in [0.1, 0.15) is 0 Å². The van der Waals surface area contributed by atoms with E-state index in [1.54, 1.807) is 12.1 Å². The SMILES string of the molecule is Nc1ccccc1C(=O)NC(=O)[C@@H](N)CC(=O)O. The number of para-hydroxylation sites is 1. The van der Waals surface area contributed by atoms with Gasteiger partial charge in [0.15, 0.2) is 0 Å². The lowest BCUT2D eigenvalue weighted by molar-refractivity contribution is -0.139. The van der Waals surface area contributed by atoms with Gasteiger partial charge in [0.05, 0.1) is 18.0 Å². The Labute approximate surface area is 103 Å². The molecule has 6 N–H and O–H groups in total. The minimum absolute atomic E-state index is 0.133. The van der Waals surface area contributed by atoms with Gasteiger partial charge in [-0.1, -0.05) is 12.1 Å². The van der Waals surface area contributed by atoms with Gasteiger partial charge in [-0.25, -0.2) is 0 Å². The third-order valence-corrected chi connectivity index (χ3v) is 2.17. The van der Waals surface area contributed by atoms with Gasteiger partial charge >= 0.3 is 5.97 Å². The number of nitrogen functional groups attached to an aromatic ring is 1. The van der Waals surface area contributed by atoms with Crippen molar-refractivity contribution in [3.63, 3.8) is 0 Å². The summed E-state index contributed by atoms with van der Waals surface area (Å²) in [5, 5.41) is 10.5. The molecule has 7 heteroatoms. The number of carboxylic acids is 1. The Kier molecular flexibility index (Phi) is 4.39. The van der Waals surface area contributed by atoms with Crippen LogP contribution in [0, 0.1) is 0 Å². The van der Waals surface area contributed by atoms with E-state index in [4.69, 9.17) is 16.6 Å². The van der Waals surface area contributed by atoms with Crippen molar-refractivity contribution in [2.24, 2.45) is 5.73 Å². The summed E-state index contributed by atoms with van der Waals surface area (Å²) in [6.45, 7) is 0. The van der Waals surface area contributed by atoms with Crippen molar-refractivity contribution in [2.75, 3.05) is 5.73 Å². The summed E-state index contributed by atoms with van der Waals surface area (Å²) < 4.78 is 0. The number of imide groups is 1. The molecule has 0 radical (unpaired) electrons. The van der Waals surface area contributed by atoms with E-state index in [1.165, 1.54) is 12.1 Å². The average molecular weight is 251 g/mol. The van der Waals surface area contributed by atoms with Crippen LogP contribution in [0.25, 0.3) is 0 Å². The summed E-state index contributed by atoms with van der Waals surface area (Å²) in [5.74, 6) is -2.78. The first-order valence-electron chi connectivity index (χ1n) is 5.09. The molecular formula is C11H13N3O4. The van der Waals surface area contributed by atoms with E-state index in [-0.39, 0.29) is 11.3 Å². The Hall–Kier alpha value is -2.41. The van der Waals surface area contributed by atoms with Crippen LogP contribution in [0.5, 0.6) is 0 Å². The van der Waals surface area contributed by atoms with Gasteiger partial charge in [0.2, 0.25) is 5.91 Å². The standard InChI is InChI=1S/C11H13N3O4/c12-7-4-2-1-3-6(7)10(17)14-11(18)8(13)5-9(15)16/h1-4,8H,5,12-13H2,(H,15,16)(H,14,17,18)/t8-/m0/s1. The van der Waals surface area contributed by atoms with Crippen LogP contribution >= 0.6 is 0 Å². The van der Waals surface area contributed by atoms with Gasteiger partial charge < -0.3 is 16.6 Å². The van der Waals surface area contributed by atoms with E-state index >= 15 is 0 Å². The fourth-order valence-electron chi connectivity index (χ4n) is 1.26. The number of benzene rings is 1. The summed E-state index contributed by atoms with van der Waals surface area (Å²) >= 11 is 0. The second kappa shape index (κ2) is 5.78. The van der Waals surface area contributed by atoms with Crippen LogP contribution in [0.1, 0.15) is 16.8 Å². The number of carboxylic acid groups (broad SMARTS) is 1. The molecule has 0 aliphatic carbocycles. The van der Waals surface area contributed by atoms with Gasteiger partial charge in [-0.3, -0.25) is 19.7 Å². The van der Waals surface area contributed by atoms with E-state index in [9.17, 15) is 14.4 Å². The zero-order valence-corrected chi connectivity index (χ0v) is 9.42. The molecular weight excluding hydrogens is 238 g/mol. The quantitative estimate of drug-likeness (QED) is 0.524. The second-order valence-electron chi connectivity index (χ2n) is 3.61. The second-order valence-corrected chi connectivity index (χ2v) is 3.61. The van der Waals surface area contributed by atoms with Crippen molar-refractivity contribution in [1.82, 2.24) is 5.32 Å². The van der Waals surface area contributed by atoms with Crippen LogP contribution in [0.4, 0.5) is 5.69 Å². The fraction of sp³-hybridized carbons (Fsp3) is 0.182. The molecule has 0 aromatic heterocycles. The molecule has 0 unspecified atom stereocenters. The number of rotatable bonds is 4. The number of aliphatic carboxylic acids is 1. The monoisotopic (exact) mass is 251 g/mol. The normalized spacial score (nSPS) is 11.6. The van der Waals surface area contributed by atoms with E-state index in [1.807, 2.05) is 5.32 Å². The maximum atomic E-state index is 11.7. The maximum Gasteiger partial charge on any atom is 0.305 e. The molecule has 1 rings (SSSR count). The molecule has 96 valence electrons. The number of carbonyl (C=O) groups excluding carboxylic acids is 2. The Morgan fingerprint density at radius 3 is 2.44 bits per heavy atom. The third kappa shape index (κ3) is 3.56. The summed E-state index contributed by atoms with van der Waals surface area (Å²) in [5.41, 5.74) is 11.2. The lowest BCUT2D eigenvalue weighted by Crippen LogP contribution is -2.44. The highest BCUT2D eigenvalue weighted by Gasteiger charge is 2.20. The van der Waals surface area contributed by atoms with E-state index in [2.05, 4.69) is 0 Å². The Balaban J connectivity index is 2.68. The van der Waals surface area contributed by atoms with Crippen molar-refractivity contribution >= 4 is 23.5 Å². The molecule has 0 saturated carbocycles. The molecule has 0 aliphatic rings. The van der Waals surface area contributed by atoms with Crippen LogP contribution in [-0.4, -0.2) is 28.9 Å². The van der Waals surface area contributed by atoms with Gasteiger partial charge in [-0.2, -0.15) is 0 Å². The van der Waals surface area contributed by atoms with Gasteiger partial charge in [0.25, 0.3) is 5.91 Å². The first-order chi connectivity index (χ1) is 8.41. The minimum atomic E-state index is -1.28. The number of hydrogen-bond donors (Lipinski definition) is 4. The van der Waals surface area contributed by atoms with Crippen molar-refractivity contribution < 1.29 is 19.5 Å². The summed E-state index contributed by atoms with van der Waals surface area (Å²) in [6, 6.07) is 4.91. The van der Waals surface area contributed by atoms with Crippen LogP contribution in [0.15, 0.2) is 24.3 Å². The molecule has 0 fully saturated rings. The predicted octanol–water partition coefficient (Wildman–Crippen LogP) is -0.673. The van der Waals surface area contributed by atoms with Crippen molar-refractivity contribution in [3.05, 3.63) is 29.8 Å². The summed E-state index contributed by atoms with van der Waals surface area (Å²) in [7, 11) is 0. The van der Waals surface area contributed by atoms with E-state index in [0.29, 0.717) is 0 Å². The van der Waals surface area contributed by atoms with Crippen LogP contribution in [0.3, 0.4) is 0 Å². The Bertz CT molecular complexity index is 487. The number of nitrogens with two attached hydrogens (primary N) is 2. The van der Waals surface area contributed by atoms with Crippen LogP contribution in [-0.2, 0) is 9.59 Å². The first kappa shape index (κ1) is 13.7. The maximum absolute atomic E-state index is 11.7. The molecule has 0 bridgehead atoms. The number of nitrogens with one attached hydrogen (secondary N) is 1. The third-order valence-electron chi connectivity index (χ3n) is 2.17. The molecule has 0 spiro atoms. The molecule has 1 aromatic rings. The fourth-order valence-corrected chi connectivity index (χ4v) is 1.26. The lowest BCUT2D eigenvalue weighted by Gasteiger charge is -2.10. The highest BCUT2D eigenvalue weighted by atomic mass is 16.4. The molecule has 1 aromatic carbocycles. The van der Waals surface area contributed by atoms with Gasteiger partial charge in [-0.15, -0.1) is 0 Å². The molecule has 18 heavy (non-hydrogen) atoms. The Morgan fingerprint density at radius 1 is 1.28 bits per heavy atom. The molecule has 7 nitrogen and oxygen atoms in total. The highest BCUT2D eigenvalue weighted by molar-refractivity contribution is 6.09. The lowest BCUT2D eigenvalue weighted by atomic mass is 10.1. The molecule has 0 heterocycles. The zero-order valence-electron chi connectivity index (χ0n) is 9.42. The van der Waals surface area contributed by atoms with Gasteiger partial charge in [0, 0.05) is 5.69 Å². The average Bonchev–Trinajstić information content (AvgIpc) is 2.28. The summed E-state index contributed by atoms with van der Waals surface area (Å²) in [6.07, 6.45) is -0.552. The number of anilines is 1. The number of carbonyl (C=O) groups is 3. The number of amides is 2. The topological polar surface area (TPSA) is 136 Å². The van der Waals surface area contributed by atoms with Crippen molar-refractivity contribution in [1.29, 1.82) is 0 Å². The van der Waals surface area contributed by atoms with E-state index < -0.39 is 30.2 Å². The van der Waals surface area contributed by atoms with Crippen LogP contribution < -0.4 is 16.8 Å². The van der Waals surface area contributed by atoms with E-state index in [0.717, 1.165) is 0 Å². The zero-order chi connectivity index (χ0) is 13.7. The Morgan fingerprint density at radius 2 is 1.89 bits per heavy atom. The van der Waals surface area contributed by atoms with Gasteiger partial charge in [-0.05, 0) is 12.1 Å². The van der Waals surface area contributed by atoms with Crippen molar-refractivity contribution in [3.8, 4) is 0 Å². The molecule has 2 amide bonds. The predicted molar refractivity (Wildman–Crippen MR) is 63.6 cm³/mol. The molecule has 0 saturated heterocycles. The largest absolute Gasteiger partial charge is 0.481 e. The number of hydrogen-bond acceptors (Lipinski definition) is 5. The highest BCUT2D eigenvalue weighted by Crippen LogP contribution is 2.09. The first-order valence-corrected chi connectivity index (χ1v) is 5.09. The minimum Gasteiger partial charge on any atom is -0.481 e. The van der Waals surface area contributed by atoms with Crippen LogP contribution in [0.2, 0.25) is 0 Å². The molecule has 0 aliphatic heterocycles. The van der Waals surface area contributed by atoms with Crippen molar-refractivity contribution in [2.45, 2.75) is 12.5 Å². The smallest absolute Gasteiger partial charge is 0.305 e. The molecule has 1 atom stereocenters. The summed E-state index contributed by atoms with van der Waals surface area (Å²) in [4.78, 5) is 33.4.